The number of thiocarbonyl (C=S) groups is 2. The number of hydrogen-bond acceptors (Lipinski definition) is 3. The highest BCUT2D eigenvalue weighted by molar-refractivity contribution is 7.80. The normalized spacial score (nSPS) is 24.4. The molecule has 0 amide bonds. The highest BCUT2D eigenvalue weighted by Gasteiger charge is 2.27. The number of hydrogen-bond donors (Lipinski definition) is 4. The summed E-state index contributed by atoms with van der Waals surface area (Å²) >= 11 is 10.5. The van der Waals surface area contributed by atoms with E-state index in [1.807, 2.05) is 12.1 Å². The summed E-state index contributed by atoms with van der Waals surface area (Å²) in [5.74, 6) is 2.19. The zero-order valence-electron chi connectivity index (χ0n) is 13.0. The van der Waals surface area contributed by atoms with Crippen LogP contribution in [0, 0.1) is 11.8 Å². The van der Waals surface area contributed by atoms with Crippen molar-refractivity contribution in [3.63, 3.8) is 0 Å². The van der Waals surface area contributed by atoms with Crippen molar-refractivity contribution < 1.29 is 4.42 Å². The number of hydrazine groups is 1. The Labute approximate surface area is 142 Å². The summed E-state index contributed by atoms with van der Waals surface area (Å²) in [6.07, 6.45) is 5.35. The van der Waals surface area contributed by atoms with Crippen molar-refractivity contribution in [2.24, 2.45) is 11.8 Å². The molecule has 4 N–H and O–H groups in total. The number of furan rings is 1. The van der Waals surface area contributed by atoms with Crippen LogP contribution in [0.2, 0.25) is 0 Å². The molecule has 0 unspecified atom stereocenters. The van der Waals surface area contributed by atoms with Crippen LogP contribution >= 0.6 is 24.4 Å². The van der Waals surface area contributed by atoms with E-state index in [4.69, 9.17) is 28.9 Å². The first-order valence-electron chi connectivity index (χ1n) is 7.69. The third-order valence-electron chi connectivity index (χ3n) is 4.32. The molecule has 122 valence electrons. The Morgan fingerprint density at radius 1 is 1.23 bits per heavy atom. The maximum Gasteiger partial charge on any atom is 0.185 e. The molecule has 0 bridgehead atoms. The van der Waals surface area contributed by atoms with Gasteiger partial charge in [0.2, 0.25) is 0 Å². The van der Waals surface area contributed by atoms with Crippen LogP contribution in [0.15, 0.2) is 22.8 Å². The molecular weight excluding hydrogens is 316 g/mol. The Hall–Kier alpha value is -1.34. The summed E-state index contributed by atoms with van der Waals surface area (Å²) in [4.78, 5) is 0. The molecule has 2 rings (SSSR count). The first-order valence-corrected chi connectivity index (χ1v) is 8.50. The van der Waals surface area contributed by atoms with Crippen molar-refractivity contribution in [3.8, 4) is 0 Å². The van der Waals surface area contributed by atoms with E-state index >= 15 is 0 Å². The van der Waals surface area contributed by atoms with Gasteiger partial charge in [-0.15, -0.1) is 0 Å². The first-order chi connectivity index (χ1) is 10.6. The predicted octanol–water partition coefficient (Wildman–Crippen LogP) is 2.45. The zero-order chi connectivity index (χ0) is 15.9. The van der Waals surface area contributed by atoms with E-state index < -0.39 is 0 Å². The quantitative estimate of drug-likeness (QED) is 0.498. The molecule has 0 saturated heterocycles. The minimum Gasteiger partial charge on any atom is -0.467 e. The molecule has 1 fully saturated rings. The first kappa shape index (κ1) is 17.0. The molecular formula is C15H24N4OS2. The maximum absolute atomic E-state index is 5.32. The Morgan fingerprint density at radius 3 is 2.73 bits per heavy atom. The Morgan fingerprint density at radius 2 is 2.00 bits per heavy atom. The van der Waals surface area contributed by atoms with Gasteiger partial charge in [0.15, 0.2) is 10.2 Å². The molecule has 1 aromatic heterocycles. The van der Waals surface area contributed by atoms with E-state index in [-0.39, 0.29) is 0 Å². The zero-order valence-corrected chi connectivity index (χ0v) is 14.7. The van der Waals surface area contributed by atoms with Crippen LogP contribution in [0.4, 0.5) is 0 Å². The van der Waals surface area contributed by atoms with Gasteiger partial charge in [0.25, 0.3) is 0 Å². The smallest absolute Gasteiger partial charge is 0.185 e. The molecule has 1 aliphatic rings. The fraction of sp³-hybridized carbons (Fsp3) is 0.600. The topological polar surface area (TPSA) is 61.3 Å². The monoisotopic (exact) mass is 340 g/mol. The van der Waals surface area contributed by atoms with Crippen molar-refractivity contribution >= 4 is 34.7 Å². The van der Waals surface area contributed by atoms with Crippen molar-refractivity contribution in [1.82, 2.24) is 21.5 Å². The van der Waals surface area contributed by atoms with Crippen LogP contribution in [-0.2, 0) is 6.54 Å². The Kier molecular flexibility index (Phi) is 6.45. The van der Waals surface area contributed by atoms with Gasteiger partial charge in [0.1, 0.15) is 5.76 Å². The van der Waals surface area contributed by atoms with Crippen LogP contribution in [0.25, 0.3) is 0 Å². The second-order valence-corrected chi connectivity index (χ2v) is 6.68. The third-order valence-corrected chi connectivity index (χ3v) is 4.78. The lowest BCUT2D eigenvalue weighted by Crippen LogP contribution is -2.54. The van der Waals surface area contributed by atoms with E-state index in [0.29, 0.717) is 28.7 Å². The van der Waals surface area contributed by atoms with Gasteiger partial charge in [-0.3, -0.25) is 10.9 Å². The summed E-state index contributed by atoms with van der Waals surface area (Å²) < 4.78 is 5.22. The fourth-order valence-electron chi connectivity index (χ4n) is 2.73. The second-order valence-electron chi connectivity index (χ2n) is 5.86. The van der Waals surface area contributed by atoms with Crippen LogP contribution in [0.1, 0.15) is 38.9 Å². The van der Waals surface area contributed by atoms with E-state index in [1.165, 1.54) is 12.8 Å². The molecule has 0 aromatic carbocycles. The van der Waals surface area contributed by atoms with E-state index in [0.717, 1.165) is 18.1 Å². The SMILES string of the molecule is C[C@@H]1[C@H](C)CCC[C@H]1NC(=S)NNC(=S)NCc1ccco1. The van der Waals surface area contributed by atoms with Gasteiger partial charge in [0, 0.05) is 6.04 Å². The highest BCUT2D eigenvalue weighted by atomic mass is 32.1. The third kappa shape index (κ3) is 5.14. The molecule has 7 heteroatoms. The van der Waals surface area contributed by atoms with E-state index in [9.17, 15) is 0 Å². The van der Waals surface area contributed by atoms with Gasteiger partial charge in [-0.25, -0.2) is 0 Å². The average Bonchev–Trinajstić information content (AvgIpc) is 3.01. The van der Waals surface area contributed by atoms with Crippen molar-refractivity contribution in [1.29, 1.82) is 0 Å². The van der Waals surface area contributed by atoms with Gasteiger partial charge in [-0.1, -0.05) is 26.7 Å². The van der Waals surface area contributed by atoms with Gasteiger partial charge in [0.05, 0.1) is 12.8 Å². The molecule has 5 nitrogen and oxygen atoms in total. The summed E-state index contributed by atoms with van der Waals surface area (Å²) in [6.45, 7) is 5.13. The summed E-state index contributed by atoms with van der Waals surface area (Å²) in [5.41, 5.74) is 5.82. The Balaban J connectivity index is 1.65. The minimum atomic E-state index is 0.426. The van der Waals surface area contributed by atoms with Gasteiger partial charge >= 0.3 is 0 Å². The second kappa shape index (κ2) is 8.33. The van der Waals surface area contributed by atoms with Gasteiger partial charge in [-0.05, 0) is 54.8 Å². The predicted molar refractivity (Wildman–Crippen MR) is 96.1 cm³/mol. The summed E-state index contributed by atoms with van der Waals surface area (Å²) in [6, 6.07) is 4.16. The fourth-order valence-corrected chi connectivity index (χ4v) is 3.05. The standard InChI is InChI=1S/C15H24N4OS2/c1-10-5-3-7-13(11(10)2)17-15(22)19-18-14(21)16-9-12-6-4-8-20-12/h4,6,8,10-11,13H,3,5,7,9H2,1-2H3,(H2,16,18,21)(H2,17,19,22)/t10-,11-,13-/m1/s1. The minimum absolute atomic E-state index is 0.426. The molecule has 22 heavy (non-hydrogen) atoms. The number of nitrogens with one attached hydrogen (secondary N) is 4. The van der Waals surface area contributed by atoms with E-state index in [2.05, 4.69) is 35.3 Å². The molecule has 0 aliphatic heterocycles. The van der Waals surface area contributed by atoms with Crippen molar-refractivity contribution in [2.45, 2.75) is 45.7 Å². The molecule has 0 radical (unpaired) electrons. The molecule has 1 heterocycles. The van der Waals surface area contributed by atoms with Crippen LogP contribution in [-0.4, -0.2) is 16.3 Å². The van der Waals surface area contributed by atoms with Crippen molar-refractivity contribution in [2.75, 3.05) is 0 Å². The van der Waals surface area contributed by atoms with Crippen LogP contribution in [0.5, 0.6) is 0 Å². The lowest BCUT2D eigenvalue weighted by atomic mass is 9.78. The summed E-state index contributed by atoms with van der Waals surface area (Å²) in [7, 11) is 0. The molecule has 1 aliphatic carbocycles. The van der Waals surface area contributed by atoms with Gasteiger partial charge in [-0.2, -0.15) is 0 Å². The highest BCUT2D eigenvalue weighted by Crippen LogP contribution is 2.29. The van der Waals surface area contributed by atoms with Crippen LogP contribution in [0.3, 0.4) is 0 Å². The van der Waals surface area contributed by atoms with E-state index in [1.54, 1.807) is 6.26 Å². The molecule has 0 spiro atoms. The molecule has 1 aromatic rings. The largest absolute Gasteiger partial charge is 0.467 e. The average molecular weight is 341 g/mol. The molecule has 3 atom stereocenters. The number of rotatable bonds is 3. The lowest BCUT2D eigenvalue weighted by Gasteiger charge is -2.35. The van der Waals surface area contributed by atoms with Gasteiger partial charge < -0.3 is 15.1 Å². The van der Waals surface area contributed by atoms with Crippen LogP contribution < -0.4 is 21.5 Å². The summed E-state index contributed by atoms with van der Waals surface area (Å²) in [5, 5.41) is 7.47. The lowest BCUT2D eigenvalue weighted by molar-refractivity contribution is 0.224. The Bertz CT molecular complexity index is 492. The molecule has 1 saturated carbocycles. The van der Waals surface area contributed by atoms with Crippen molar-refractivity contribution in [3.05, 3.63) is 24.2 Å². The maximum atomic E-state index is 5.32.